The second-order valence-electron chi connectivity index (χ2n) is 7.58. The van der Waals surface area contributed by atoms with Crippen molar-refractivity contribution in [2.24, 2.45) is 11.8 Å². The van der Waals surface area contributed by atoms with Gasteiger partial charge in [0.15, 0.2) is 0 Å². The van der Waals surface area contributed by atoms with Gasteiger partial charge in [0.25, 0.3) is 0 Å². The van der Waals surface area contributed by atoms with E-state index in [0.29, 0.717) is 17.4 Å². The average Bonchev–Trinajstić information content (AvgIpc) is 2.45. The van der Waals surface area contributed by atoms with E-state index >= 15 is 0 Å². The lowest BCUT2D eigenvalue weighted by Gasteiger charge is -2.60. The van der Waals surface area contributed by atoms with Gasteiger partial charge in [-0.25, -0.2) is 4.79 Å². The molecule has 116 valence electrons. The van der Waals surface area contributed by atoms with Gasteiger partial charge in [0, 0.05) is 0 Å². The van der Waals surface area contributed by atoms with Gasteiger partial charge in [-0.05, 0) is 67.4 Å². The smallest absolute Gasteiger partial charge is 0.343 e. The van der Waals surface area contributed by atoms with E-state index < -0.39 is 5.60 Å². The minimum Gasteiger partial charge on any atom is -0.432 e. The molecule has 0 saturated heterocycles. The molecule has 2 unspecified atom stereocenters. The monoisotopic (exact) mass is 298 g/mol. The summed E-state index contributed by atoms with van der Waals surface area (Å²) in [5.74, 6) is 0.845. The van der Waals surface area contributed by atoms with Crippen molar-refractivity contribution in [2.45, 2.75) is 49.5 Å². The zero-order valence-corrected chi connectivity index (χ0v) is 12.8. The van der Waals surface area contributed by atoms with Gasteiger partial charge in [0.1, 0.15) is 0 Å². The second kappa shape index (κ2) is 4.69. The summed E-state index contributed by atoms with van der Waals surface area (Å²) in [6.07, 6.45) is 7.25. The first-order valence-corrected chi connectivity index (χ1v) is 8.17. The van der Waals surface area contributed by atoms with Crippen molar-refractivity contribution in [3.05, 3.63) is 48.2 Å². The van der Waals surface area contributed by atoms with Crippen molar-refractivity contribution in [1.29, 1.82) is 0 Å². The van der Waals surface area contributed by atoms with Crippen LogP contribution in [0.1, 0.15) is 54.4 Å². The second-order valence-corrected chi connectivity index (χ2v) is 7.58. The lowest BCUT2D eigenvalue weighted by atomic mass is 9.46. The number of hydrogen-bond acceptors (Lipinski definition) is 3. The van der Waals surface area contributed by atoms with Crippen LogP contribution in [0.15, 0.2) is 37.1 Å². The molecule has 3 heteroatoms. The van der Waals surface area contributed by atoms with E-state index in [2.05, 4.69) is 12.6 Å². The van der Waals surface area contributed by atoms with Gasteiger partial charge in [-0.2, -0.15) is 0 Å². The number of esters is 1. The van der Waals surface area contributed by atoms with Crippen LogP contribution >= 0.6 is 0 Å². The molecule has 4 fully saturated rings. The third-order valence-electron chi connectivity index (χ3n) is 5.94. The standard InChI is InChI=1S/C19H22O3/c1-2-22-17(20)15-5-3-4-6-16(15)18-8-13-7-14(9-18)11-19(21,10-13)12-18/h2-6,13-14,21H,1,7-12H2. The lowest BCUT2D eigenvalue weighted by molar-refractivity contribution is -0.137. The third kappa shape index (κ3) is 2.03. The highest BCUT2D eigenvalue weighted by molar-refractivity contribution is 5.92. The molecule has 0 amide bonds. The van der Waals surface area contributed by atoms with Crippen molar-refractivity contribution in [3.63, 3.8) is 0 Å². The fraction of sp³-hybridized carbons (Fsp3) is 0.526. The summed E-state index contributed by atoms with van der Waals surface area (Å²) in [6.45, 7) is 3.48. The van der Waals surface area contributed by atoms with Crippen LogP contribution in [0.2, 0.25) is 0 Å². The molecule has 4 saturated carbocycles. The van der Waals surface area contributed by atoms with E-state index in [0.717, 1.165) is 37.7 Å². The lowest BCUT2D eigenvalue weighted by Crippen LogP contribution is -2.57. The zero-order valence-electron chi connectivity index (χ0n) is 12.8. The summed E-state index contributed by atoms with van der Waals surface area (Å²) in [4.78, 5) is 12.3. The van der Waals surface area contributed by atoms with Crippen molar-refractivity contribution in [3.8, 4) is 0 Å². The number of aliphatic hydroxyl groups is 1. The molecule has 0 spiro atoms. The predicted molar refractivity (Wildman–Crippen MR) is 83.4 cm³/mol. The van der Waals surface area contributed by atoms with Crippen LogP contribution < -0.4 is 0 Å². The highest BCUT2D eigenvalue weighted by atomic mass is 16.5. The molecular formula is C19H22O3. The van der Waals surface area contributed by atoms with Crippen LogP contribution in [0, 0.1) is 11.8 Å². The summed E-state index contributed by atoms with van der Waals surface area (Å²) in [5, 5.41) is 10.9. The number of benzene rings is 1. The molecule has 1 aromatic carbocycles. The van der Waals surface area contributed by atoms with Gasteiger partial charge in [0.05, 0.1) is 17.4 Å². The Morgan fingerprint density at radius 3 is 2.55 bits per heavy atom. The first-order chi connectivity index (χ1) is 10.5. The summed E-state index contributed by atoms with van der Waals surface area (Å²) in [7, 11) is 0. The molecule has 0 radical (unpaired) electrons. The molecule has 5 rings (SSSR count). The molecule has 1 aromatic rings. The molecule has 1 N–H and O–H groups in total. The normalized spacial score (nSPS) is 38.8. The molecule has 0 aliphatic heterocycles. The summed E-state index contributed by atoms with van der Waals surface area (Å²) >= 11 is 0. The first kappa shape index (κ1) is 14.0. The fourth-order valence-corrected chi connectivity index (χ4v) is 5.79. The van der Waals surface area contributed by atoms with E-state index in [-0.39, 0.29) is 11.4 Å². The molecule has 0 heterocycles. The topological polar surface area (TPSA) is 46.5 Å². The minimum absolute atomic E-state index is 0.0599. The Bertz CT molecular complexity index is 619. The largest absolute Gasteiger partial charge is 0.432 e. The predicted octanol–water partition coefficient (Wildman–Crippen LogP) is 3.57. The SMILES string of the molecule is C=COC(=O)c1ccccc1C12CC3CC(CC(O)(C3)C1)C2. The van der Waals surface area contributed by atoms with Crippen LogP contribution in [0.25, 0.3) is 0 Å². The fourth-order valence-electron chi connectivity index (χ4n) is 5.79. The van der Waals surface area contributed by atoms with Crippen molar-refractivity contribution < 1.29 is 14.6 Å². The van der Waals surface area contributed by atoms with Crippen LogP contribution in [0.4, 0.5) is 0 Å². The number of hydrogen-bond donors (Lipinski definition) is 1. The zero-order chi connectivity index (χ0) is 15.4. The maximum absolute atomic E-state index is 12.3. The van der Waals surface area contributed by atoms with Gasteiger partial charge >= 0.3 is 5.97 Å². The van der Waals surface area contributed by atoms with E-state index in [9.17, 15) is 9.90 Å². The Balaban J connectivity index is 1.79. The van der Waals surface area contributed by atoms with Gasteiger partial charge < -0.3 is 9.84 Å². The summed E-state index contributed by atoms with van der Waals surface area (Å²) in [5.41, 5.74) is 1.11. The Labute approximate surface area is 131 Å². The molecule has 0 aromatic heterocycles. The average molecular weight is 298 g/mol. The molecule has 22 heavy (non-hydrogen) atoms. The Kier molecular flexibility index (Phi) is 2.99. The summed E-state index contributed by atoms with van der Waals surface area (Å²) < 4.78 is 5.02. The van der Waals surface area contributed by atoms with Crippen LogP contribution in [-0.2, 0) is 10.2 Å². The molecule has 4 aliphatic carbocycles. The Hall–Kier alpha value is -1.61. The molecule has 2 atom stereocenters. The van der Waals surface area contributed by atoms with Crippen LogP contribution in [0.5, 0.6) is 0 Å². The van der Waals surface area contributed by atoms with Crippen molar-refractivity contribution in [1.82, 2.24) is 0 Å². The van der Waals surface area contributed by atoms with Gasteiger partial charge in [-0.1, -0.05) is 24.8 Å². The quantitative estimate of drug-likeness (QED) is 0.685. The number of ether oxygens (including phenoxy) is 1. The van der Waals surface area contributed by atoms with Crippen LogP contribution in [-0.4, -0.2) is 16.7 Å². The summed E-state index contributed by atoms with van der Waals surface area (Å²) in [6, 6.07) is 7.75. The Morgan fingerprint density at radius 1 is 1.23 bits per heavy atom. The maximum atomic E-state index is 12.3. The van der Waals surface area contributed by atoms with Crippen LogP contribution in [0.3, 0.4) is 0 Å². The molecule has 4 aliphatic rings. The van der Waals surface area contributed by atoms with E-state index in [4.69, 9.17) is 4.74 Å². The first-order valence-electron chi connectivity index (χ1n) is 8.17. The maximum Gasteiger partial charge on any atom is 0.343 e. The minimum atomic E-state index is -0.528. The third-order valence-corrected chi connectivity index (χ3v) is 5.94. The number of rotatable bonds is 3. The Morgan fingerprint density at radius 2 is 1.91 bits per heavy atom. The highest BCUT2D eigenvalue weighted by Gasteiger charge is 2.58. The van der Waals surface area contributed by atoms with Gasteiger partial charge in [0.2, 0.25) is 0 Å². The van der Waals surface area contributed by atoms with Crippen molar-refractivity contribution >= 4 is 5.97 Å². The van der Waals surface area contributed by atoms with E-state index in [1.807, 2.05) is 18.2 Å². The van der Waals surface area contributed by atoms with Crippen molar-refractivity contribution in [2.75, 3.05) is 0 Å². The number of carbonyl (C=O) groups excluding carboxylic acids is 1. The van der Waals surface area contributed by atoms with Gasteiger partial charge in [-0.3, -0.25) is 0 Å². The van der Waals surface area contributed by atoms with Gasteiger partial charge in [-0.15, -0.1) is 0 Å². The number of carbonyl (C=O) groups is 1. The van der Waals surface area contributed by atoms with E-state index in [1.165, 1.54) is 12.7 Å². The molecule has 3 nitrogen and oxygen atoms in total. The molecule has 4 bridgehead atoms. The highest BCUT2D eigenvalue weighted by Crippen LogP contribution is 2.62. The van der Waals surface area contributed by atoms with E-state index in [1.54, 1.807) is 0 Å². The molecular weight excluding hydrogens is 276 g/mol.